The molecule has 1 aliphatic rings. The number of rotatable bonds is 4. The van der Waals surface area contributed by atoms with Crippen molar-refractivity contribution in [1.29, 1.82) is 0 Å². The minimum absolute atomic E-state index is 0.0468. The highest BCUT2D eigenvalue weighted by Crippen LogP contribution is 2.22. The topological polar surface area (TPSA) is 58.1 Å². The van der Waals surface area contributed by atoms with Crippen LogP contribution in [0.2, 0.25) is 0 Å². The van der Waals surface area contributed by atoms with Crippen LogP contribution in [-0.4, -0.2) is 32.9 Å². The minimum Gasteiger partial charge on any atom is -0.336 e. The number of piperidine rings is 1. The van der Waals surface area contributed by atoms with E-state index in [0.29, 0.717) is 33.8 Å². The summed E-state index contributed by atoms with van der Waals surface area (Å²) >= 11 is 5.32. The number of fused-ring (bicyclic) bond motifs is 1. The van der Waals surface area contributed by atoms with E-state index in [2.05, 4.69) is 11.9 Å². The fourth-order valence-electron chi connectivity index (χ4n) is 3.67. The van der Waals surface area contributed by atoms with Crippen LogP contribution < -0.4 is 5.56 Å². The van der Waals surface area contributed by atoms with Gasteiger partial charge in [-0.05, 0) is 62.5 Å². The molecule has 6 heteroatoms. The van der Waals surface area contributed by atoms with Crippen LogP contribution in [0.15, 0.2) is 23.0 Å². The Hall–Kier alpha value is -1.95. The smallest absolute Gasteiger partial charge is 0.262 e. The van der Waals surface area contributed by atoms with Crippen LogP contribution in [0.5, 0.6) is 0 Å². The Labute approximate surface area is 152 Å². The molecule has 1 aliphatic heterocycles. The van der Waals surface area contributed by atoms with E-state index in [1.165, 1.54) is 6.42 Å². The normalized spacial score (nSPS) is 17.8. The maximum atomic E-state index is 13.0. The SMILES string of the molecule is CCCn1c(=S)[nH]c2cc(C(=O)N3CCCC[C@@H]3CC)ccc2c1=O. The molecule has 1 N–H and O–H groups in total. The van der Waals surface area contributed by atoms with E-state index in [4.69, 9.17) is 12.2 Å². The van der Waals surface area contributed by atoms with Gasteiger partial charge in [-0.15, -0.1) is 0 Å². The molecule has 1 amide bonds. The second kappa shape index (κ2) is 7.52. The van der Waals surface area contributed by atoms with Gasteiger partial charge in [0.1, 0.15) is 0 Å². The summed E-state index contributed by atoms with van der Waals surface area (Å²) in [5.41, 5.74) is 1.16. The Kier molecular flexibility index (Phi) is 5.37. The van der Waals surface area contributed by atoms with E-state index in [1.54, 1.807) is 22.8 Å². The maximum Gasteiger partial charge on any atom is 0.262 e. The van der Waals surface area contributed by atoms with Gasteiger partial charge in [-0.2, -0.15) is 0 Å². The van der Waals surface area contributed by atoms with Crippen LogP contribution in [0.1, 0.15) is 56.3 Å². The Morgan fingerprint density at radius 3 is 2.84 bits per heavy atom. The van der Waals surface area contributed by atoms with E-state index in [0.717, 1.165) is 32.2 Å². The number of likely N-dealkylation sites (tertiary alicyclic amines) is 1. The number of nitrogens with one attached hydrogen (secondary N) is 1. The Morgan fingerprint density at radius 2 is 2.12 bits per heavy atom. The van der Waals surface area contributed by atoms with Gasteiger partial charge in [0.15, 0.2) is 4.77 Å². The van der Waals surface area contributed by atoms with Crippen molar-refractivity contribution in [2.45, 2.75) is 58.5 Å². The van der Waals surface area contributed by atoms with Crippen LogP contribution in [0.25, 0.3) is 10.9 Å². The Bertz CT molecular complexity index is 900. The van der Waals surface area contributed by atoms with Crippen LogP contribution in [0.4, 0.5) is 0 Å². The number of hydrogen-bond donors (Lipinski definition) is 1. The minimum atomic E-state index is -0.0935. The van der Waals surface area contributed by atoms with Crippen molar-refractivity contribution in [3.8, 4) is 0 Å². The van der Waals surface area contributed by atoms with Gasteiger partial charge in [-0.25, -0.2) is 0 Å². The molecule has 1 atom stereocenters. The summed E-state index contributed by atoms with van der Waals surface area (Å²) < 4.78 is 1.99. The van der Waals surface area contributed by atoms with Crippen molar-refractivity contribution in [3.63, 3.8) is 0 Å². The van der Waals surface area contributed by atoms with Gasteiger partial charge in [0.05, 0.1) is 10.9 Å². The average Bonchev–Trinajstić information content (AvgIpc) is 2.64. The number of aromatic amines is 1. The average molecular weight is 359 g/mol. The molecule has 0 aliphatic carbocycles. The molecule has 0 bridgehead atoms. The lowest BCUT2D eigenvalue weighted by molar-refractivity contribution is 0.0608. The fraction of sp³-hybridized carbons (Fsp3) is 0.526. The quantitative estimate of drug-likeness (QED) is 0.843. The van der Waals surface area contributed by atoms with Gasteiger partial charge in [-0.3, -0.25) is 14.2 Å². The molecule has 3 rings (SSSR count). The number of amides is 1. The third-order valence-electron chi connectivity index (χ3n) is 5.04. The zero-order valence-corrected chi connectivity index (χ0v) is 15.7. The summed E-state index contributed by atoms with van der Waals surface area (Å²) in [6.07, 6.45) is 5.13. The number of H-pyrrole nitrogens is 1. The third-order valence-corrected chi connectivity index (χ3v) is 5.36. The molecule has 0 saturated carbocycles. The highest BCUT2D eigenvalue weighted by Gasteiger charge is 2.26. The summed E-state index contributed by atoms with van der Waals surface area (Å²) in [7, 11) is 0. The monoisotopic (exact) mass is 359 g/mol. The molecule has 1 aromatic carbocycles. The van der Waals surface area contributed by atoms with Crippen molar-refractivity contribution in [2.24, 2.45) is 0 Å². The number of nitrogens with zero attached hydrogens (tertiary/aromatic N) is 2. The summed E-state index contributed by atoms with van der Waals surface area (Å²) in [4.78, 5) is 30.7. The first-order valence-corrected chi connectivity index (χ1v) is 9.55. The molecule has 5 nitrogen and oxygen atoms in total. The second-order valence-electron chi connectivity index (χ2n) is 6.70. The number of carbonyl (C=O) groups excluding carboxylic acids is 1. The molecule has 2 heterocycles. The van der Waals surface area contributed by atoms with Crippen molar-refractivity contribution >= 4 is 29.0 Å². The van der Waals surface area contributed by atoms with Crippen molar-refractivity contribution < 1.29 is 4.79 Å². The predicted octanol–water partition coefficient (Wildman–Crippen LogP) is 3.87. The van der Waals surface area contributed by atoms with Crippen molar-refractivity contribution in [2.75, 3.05) is 6.54 Å². The van der Waals surface area contributed by atoms with Gasteiger partial charge in [0, 0.05) is 24.7 Å². The zero-order valence-electron chi connectivity index (χ0n) is 14.9. The third kappa shape index (κ3) is 3.40. The molecular formula is C19H25N3O2S. The first kappa shape index (κ1) is 17.9. The number of aromatic nitrogens is 2. The predicted molar refractivity (Wildman–Crippen MR) is 103 cm³/mol. The van der Waals surface area contributed by atoms with Gasteiger partial charge in [0.25, 0.3) is 11.5 Å². The van der Waals surface area contributed by atoms with E-state index in [9.17, 15) is 9.59 Å². The first-order chi connectivity index (χ1) is 12.1. The van der Waals surface area contributed by atoms with E-state index in [1.807, 2.05) is 11.8 Å². The van der Waals surface area contributed by atoms with Crippen molar-refractivity contribution in [1.82, 2.24) is 14.5 Å². The first-order valence-electron chi connectivity index (χ1n) is 9.14. The molecule has 25 heavy (non-hydrogen) atoms. The van der Waals surface area contributed by atoms with Gasteiger partial charge in [-0.1, -0.05) is 13.8 Å². The molecular weight excluding hydrogens is 334 g/mol. The Balaban J connectivity index is 2.01. The summed E-state index contributed by atoms with van der Waals surface area (Å²) in [5, 5.41) is 0.573. The van der Waals surface area contributed by atoms with Crippen LogP contribution >= 0.6 is 12.2 Å². The number of carbonyl (C=O) groups is 1. The highest BCUT2D eigenvalue weighted by atomic mass is 32.1. The number of benzene rings is 1. The van der Waals surface area contributed by atoms with Gasteiger partial charge in [0.2, 0.25) is 0 Å². The fourth-order valence-corrected chi connectivity index (χ4v) is 3.96. The lowest BCUT2D eigenvalue weighted by Gasteiger charge is -2.35. The summed E-state index contributed by atoms with van der Waals surface area (Å²) in [6, 6.07) is 5.59. The summed E-state index contributed by atoms with van der Waals surface area (Å²) in [6.45, 7) is 5.54. The van der Waals surface area contributed by atoms with Gasteiger partial charge < -0.3 is 9.88 Å². The van der Waals surface area contributed by atoms with Crippen LogP contribution in [-0.2, 0) is 6.54 Å². The van der Waals surface area contributed by atoms with Crippen LogP contribution in [0, 0.1) is 4.77 Å². The molecule has 134 valence electrons. The molecule has 0 unspecified atom stereocenters. The molecule has 0 spiro atoms. The lowest BCUT2D eigenvalue weighted by atomic mass is 9.98. The molecule has 1 aromatic heterocycles. The molecule has 0 radical (unpaired) electrons. The highest BCUT2D eigenvalue weighted by molar-refractivity contribution is 7.71. The van der Waals surface area contributed by atoms with Crippen LogP contribution in [0.3, 0.4) is 0 Å². The van der Waals surface area contributed by atoms with E-state index in [-0.39, 0.29) is 11.5 Å². The zero-order chi connectivity index (χ0) is 18.0. The maximum absolute atomic E-state index is 13.0. The second-order valence-corrected chi connectivity index (χ2v) is 7.09. The Morgan fingerprint density at radius 1 is 1.32 bits per heavy atom. The van der Waals surface area contributed by atoms with Crippen molar-refractivity contribution in [3.05, 3.63) is 38.9 Å². The van der Waals surface area contributed by atoms with E-state index < -0.39 is 0 Å². The number of hydrogen-bond acceptors (Lipinski definition) is 3. The molecule has 1 fully saturated rings. The lowest BCUT2D eigenvalue weighted by Crippen LogP contribution is -2.43. The van der Waals surface area contributed by atoms with Gasteiger partial charge >= 0.3 is 0 Å². The summed E-state index contributed by atoms with van der Waals surface area (Å²) in [5.74, 6) is 0.0468. The molecule has 1 saturated heterocycles. The van der Waals surface area contributed by atoms with E-state index >= 15 is 0 Å². The standard InChI is InChI=1S/C19H25N3O2S/c1-3-10-22-18(24)15-9-8-13(12-16(15)20-19(22)25)17(23)21-11-6-5-7-14(21)4-2/h8-9,12,14H,3-7,10-11H2,1-2H3,(H,20,25)/t14-/m0/s1. The molecule has 2 aromatic rings. The largest absolute Gasteiger partial charge is 0.336 e.